The molecule has 2 nitrogen and oxygen atoms in total. The Labute approximate surface area is 122 Å². The SMILES string of the molecule is CCCCCCCCCC[C@@H](CPBr)OC(C)=O. The Morgan fingerprint density at radius 1 is 1.11 bits per heavy atom. The van der Waals surface area contributed by atoms with E-state index in [2.05, 4.69) is 22.4 Å². The number of unbranched alkanes of at least 4 members (excludes halogenated alkanes) is 7. The zero-order chi connectivity index (χ0) is 13.6. The van der Waals surface area contributed by atoms with Gasteiger partial charge in [-0.3, -0.25) is 4.79 Å². The van der Waals surface area contributed by atoms with Crippen LogP contribution in [0.5, 0.6) is 0 Å². The third kappa shape index (κ3) is 12.8. The number of hydrogen-bond acceptors (Lipinski definition) is 2. The van der Waals surface area contributed by atoms with Crippen molar-refractivity contribution >= 4 is 28.7 Å². The smallest absolute Gasteiger partial charge is 0.302 e. The maximum absolute atomic E-state index is 10.9. The molecule has 0 heterocycles. The molecule has 0 amide bonds. The van der Waals surface area contributed by atoms with Crippen LogP contribution in [-0.4, -0.2) is 18.2 Å². The van der Waals surface area contributed by atoms with Crippen LogP contribution in [0.4, 0.5) is 0 Å². The van der Waals surface area contributed by atoms with E-state index in [1.807, 2.05) is 0 Å². The van der Waals surface area contributed by atoms with Crippen LogP contribution in [0.25, 0.3) is 0 Å². The maximum Gasteiger partial charge on any atom is 0.302 e. The summed E-state index contributed by atoms with van der Waals surface area (Å²) in [6, 6.07) is 0. The summed E-state index contributed by atoms with van der Waals surface area (Å²) in [5.41, 5.74) is 0. The first-order chi connectivity index (χ1) is 8.70. The minimum atomic E-state index is -0.148. The van der Waals surface area contributed by atoms with Gasteiger partial charge in [-0.1, -0.05) is 67.4 Å². The summed E-state index contributed by atoms with van der Waals surface area (Å²) in [5.74, 6) is -0.148. The highest BCUT2D eigenvalue weighted by Gasteiger charge is 2.10. The Morgan fingerprint density at radius 2 is 1.67 bits per heavy atom. The second-order valence-electron chi connectivity index (χ2n) is 4.83. The lowest BCUT2D eigenvalue weighted by Gasteiger charge is -2.15. The summed E-state index contributed by atoms with van der Waals surface area (Å²) >= 11 is 3.43. The van der Waals surface area contributed by atoms with Crippen LogP contribution in [0.3, 0.4) is 0 Å². The lowest BCUT2D eigenvalue weighted by molar-refractivity contribution is -0.145. The van der Waals surface area contributed by atoms with Crippen molar-refractivity contribution in [2.24, 2.45) is 0 Å². The molecular weight excluding hydrogens is 311 g/mol. The molecule has 0 saturated heterocycles. The van der Waals surface area contributed by atoms with E-state index in [-0.39, 0.29) is 12.1 Å². The molecule has 0 aromatic heterocycles. The summed E-state index contributed by atoms with van der Waals surface area (Å²) in [6.07, 6.45) is 12.7. The molecule has 0 aliphatic rings. The monoisotopic (exact) mass is 338 g/mol. The minimum absolute atomic E-state index is 0.125. The fraction of sp³-hybridized carbons (Fsp3) is 0.929. The highest BCUT2D eigenvalue weighted by molar-refractivity contribution is 9.36. The van der Waals surface area contributed by atoms with E-state index >= 15 is 0 Å². The third-order valence-electron chi connectivity index (χ3n) is 3.02. The Balaban J connectivity index is 3.40. The van der Waals surface area contributed by atoms with E-state index < -0.39 is 0 Å². The summed E-state index contributed by atoms with van der Waals surface area (Å²) in [4.78, 5) is 10.9. The van der Waals surface area contributed by atoms with Gasteiger partial charge in [0.25, 0.3) is 0 Å². The molecule has 0 aliphatic heterocycles. The Kier molecular flexibility index (Phi) is 14.1. The third-order valence-corrected chi connectivity index (χ3v) is 4.60. The van der Waals surface area contributed by atoms with Crippen molar-refractivity contribution in [1.82, 2.24) is 0 Å². The molecule has 2 atom stereocenters. The molecule has 0 aromatic rings. The fourth-order valence-corrected chi connectivity index (χ4v) is 3.57. The topological polar surface area (TPSA) is 26.3 Å². The zero-order valence-corrected chi connectivity index (χ0v) is 14.4. The molecule has 0 aliphatic carbocycles. The number of halogens is 1. The van der Waals surface area contributed by atoms with Crippen molar-refractivity contribution < 1.29 is 9.53 Å². The van der Waals surface area contributed by atoms with Gasteiger partial charge in [0.2, 0.25) is 0 Å². The number of carbonyl (C=O) groups is 1. The average Bonchev–Trinajstić information content (AvgIpc) is 2.32. The second-order valence-corrected chi connectivity index (χ2v) is 7.19. The van der Waals surface area contributed by atoms with Gasteiger partial charge >= 0.3 is 5.97 Å². The summed E-state index contributed by atoms with van der Waals surface area (Å²) in [7, 11) is 0.685. The van der Waals surface area contributed by atoms with E-state index in [9.17, 15) is 4.79 Å². The molecule has 108 valence electrons. The lowest BCUT2D eigenvalue weighted by atomic mass is 10.1. The van der Waals surface area contributed by atoms with Gasteiger partial charge in [0, 0.05) is 13.1 Å². The van der Waals surface area contributed by atoms with Crippen molar-refractivity contribution in [3.63, 3.8) is 0 Å². The molecule has 0 saturated carbocycles. The van der Waals surface area contributed by atoms with Gasteiger partial charge in [-0.25, -0.2) is 0 Å². The lowest BCUT2D eigenvalue weighted by Crippen LogP contribution is -2.18. The zero-order valence-electron chi connectivity index (χ0n) is 11.8. The standard InChI is InChI=1S/C14H28BrO2P/c1-3-4-5-6-7-8-9-10-11-14(12-18-15)17-13(2)16/h14,18H,3-12H2,1-2H3/t14-/m0/s1. The van der Waals surface area contributed by atoms with Gasteiger partial charge in [0.1, 0.15) is 6.10 Å². The molecule has 0 aromatic carbocycles. The van der Waals surface area contributed by atoms with E-state index in [1.165, 1.54) is 58.3 Å². The Morgan fingerprint density at radius 3 is 2.17 bits per heavy atom. The van der Waals surface area contributed by atoms with Gasteiger partial charge < -0.3 is 4.74 Å². The first-order valence-corrected chi connectivity index (χ1v) is 10.7. The molecule has 0 spiro atoms. The predicted octanol–water partition coefficient (Wildman–Crippen LogP) is 5.44. The van der Waals surface area contributed by atoms with Crippen molar-refractivity contribution in [2.45, 2.75) is 77.7 Å². The minimum Gasteiger partial charge on any atom is -0.462 e. The van der Waals surface area contributed by atoms with Gasteiger partial charge in [-0.2, -0.15) is 0 Å². The number of ether oxygens (including phenoxy) is 1. The second kappa shape index (κ2) is 13.8. The molecule has 0 radical (unpaired) electrons. The highest BCUT2D eigenvalue weighted by atomic mass is 79.9. The Bertz CT molecular complexity index is 200. The summed E-state index contributed by atoms with van der Waals surface area (Å²) in [6.45, 7) is 3.75. The molecule has 0 fully saturated rings. The van der Waals surface area contributed by atoms with E-state index in [1.54, 1.807) is 0 Å². The Hall–Kier alpha value is 0.380. The van der Waals surface area contributed by atoms with E-state index in [0.717, 1.165) is 12.6 Å². The van der Waals surface area contributed by atoms with Crippen molar-refractivity contribution in [1.29, 1.82) is 0 Å². The number of hydrogen-bond donors (Lipinski definition) is 0. The van der Waals surface area contributed by atoms with Gasteiger partial charge in [-0.05, 0) is 20.1 Å². The van der Waals surface area contributed by atoms with E-state index in [4.69, 9.17) is 4.74 Å². The van der Waals surface area contributed by atoms with Gasteiger partial charge in [0.05, 0.1) is 0 Å². The largest absolute Gasteiger partial charge is 0.462 e. The highest BCUT2D eigenvalue weighted by Crippen LogP contribution is 2.24. The number of carbonyl (C=O) groups excluding carboxylic acids is 1. The van der Waals surface area contributed by atoms with Crippen molar-refractivity contribution in [3.8, 4) is 0 Å². The average molecular weight is 339 g/mol. The molecule has 18 heavy (non-hydrogen) atoms. The fourth-order valence-electron chi connectivity index (χ4n) is 2.03. The molecular formula is C14H28BrO2P. The van der Waals surface area contributed by atoms with Gasteiger partial charge in [-0.15, -0.1) is 0 Å². The van der Waals surface area contributed by atoms with Crippen LogP contribution in [0, 0.1) is 0 Å². The molecule has 1 unspecified atom stereocenters. The van der Waals surface area contributed by atoms with Gasteiger partial charge in [0.15, 0.2) is 0 Å². The van der Waals surface area contributed by atoms with Crippen molar-refractivity contribution in [3.05, 3.63) is 0 Å². The normalized spacial score (nSPS) is 13.1. The number of rotatable bonds is 12. The summed E-state index contributed by atoms with van der Waals surface area (Å²) in [5, 5.41) is 0. The van der Waals surface area contributed by atoms with Crippen LogP contribution in [-0.2, 0) is 9.53 Å². The molecule has 0 N–H and O–H groups in total. The quantitative estimate of drug-likeness (QED) is 0.269. The molecule has 0 rings (SSSR count). The van der Waals surface area contributed by atoms with Crippen LogP contribution in [0.15, 0.2) is 0 Å². The van der Waals surface area contributed by atoms with E-state index in [0.29, 0.717) is 7.28 Å². The predicted molar refractivity (Wildman–Crippen MR) is 84.9 cm³/mol. The van der Waals surface area contributed by atoms with Crippen LogP contribution in [0.1, 0.15) is 71.6 Å². The number of esters is 1. The first kappa shape index (κ1) is 18.4. The maximum atomic E-state index is 10.9. The summed E-state index contributed by atoms with van der Waals surface area (Å²) < 4.78 is 5.29. The van der Waals surface area contributed by atoms with Crippen LogP contribution < -0.4 is 0 Å². The molecule has 0 bridgehead atoms. The van der Waals surface area contributed by atoms with Crippen LogP contribution in [0.2, 0.25) is 0 Å². The van der Waals surface area contributed by atoms with Crippen molar-refractivity contribution in [2.75, 3.05) is 6.16 Å². The molecule has 4 heteroatoms. The first-order valence-electron chi connectivity index (χ1n) is 7.21. The van der Waals surface area contributed by atoms with Crippen LogP contribution >= 0.6 is 22.8 Å².